The molecule has 0 fully saturated rings. The van der Waals surface area contributed by atoms with Crippen LogP contribution in [0.1, 0.15) is 226 Å². The summed E-state index contributed by atoms with van der Waals surface area (Å²) in [4.78, 5) is 48.5. The molecule has 0 saturated heterocycles. The Balaban J connectivity index is 4.89. The molecule has 3 atom stereocenters. The maximum Gasteiger partial charge on any atom is 0.472 e. The van der Waals surface area contributed by atoms with Crippen molar-refractivity contribution < 1.29 is 52.2 Å². The Bertz CT molecular complexity index is 1660. The highest BCUT2D eigenvalue weighted by molar-refractivity contribution is 7.47. The van der Waals surface area contributed by atoms with Gasteiger partial charge in [-0.25, -0.2) is 4.57 Å². The number of unbranched alkanes of at least 4 members (excludes halogenated alkanes) is 17. The van der Waals surface area contributed by atoms with Crippen LogP contribution in [0.5, 0.6) is 0 Å². The van der Waals surface area contributed by atoms with Gasteiger partial charge in [0.25, 0.3) is 0 Å². The Morgan fingerprint density at radius 3 is 1.20 bits per heavy atom. The summed E-state index contributed by atoms with van der Waals surface area (Å²) in [5.41, 5.74) is 0. The average Bonchev–Trinajstić information content (AvgIpc) is 3.39. The first-order chi connectivity index (χ1) is 36.2. The van der Waals surface area contributed by atoms with Gasteiger partial charge < -0.3 is 24.2 Å². The van der Waals surface area contributed by atoms with Gasteiger partial charge in [0.1, 0.15) is 12.7 Å². The highest BCUT2D eigenvalue weighted by Crippen LogP contribution is 2.43. The number of ether oxygens (including phenoxy) is 3. The summed E-state index contributed by atoms with van der Waals surface area (Å²) < 4.78 is 39.4. The van der Waals surface area contributed by atoms with Gasteiger partial charge in [0.05, 0.1) is 19.8 Å². The smallest absolute Gasteiger partial charge is 0.462 e. The Kier molecular flexibility index (Phi) is 52.5. The Morgan fingerprint density at radius 1 is 0.392 bits per heavy atom. The van der Waals surface area contributed by atoms with Gasteiger partial charge in [-0.3, -0.25) is 23.4 Å². The third-order valence-electron chi connectivity index (χ3n) is 11.7. The van der Waals surface area contributed by atoms with E-state index in [1.54, 1.807) is 0 Å². The zero-order valence-electron chi connectivity index (χ0n) is 46.5. The van der Waals surface area contributed by atoms with Crippen molar-refractivity contribution in [1.82, 2.24) is 0 Å². The van der Waals surface area contributed by atoms with E-state index in [0.29, 0.717) is 25.7 Å². The lowest BCUT2D eigenvalue weighted by Gasteiger charge is -2.21. The molecule has 0 heterocycles. The quantitative estimate of drug-likeness (QED) is 0.0197. The SMILES string of the molecule is CC/C=C\C/C=C\C/C=C\C/C=C\C/C=C\C/C=C\CCC(=O)OC(COC(=O)CCCCCCC/C=C\C/C=C\CCCCC)COP(=O)(O)OCC(CO)OC(=O)CCCCCCC/C=C\CCCCCC. The van der Waals surface area contributed by atoms with Gasteiger partial charge in [0.2, 0.25) is 0 Å². The van der Waals surface area contributed by atoms with Gasteiger partial charge in [-0.1, -0.05) is 201 Å². The average molecular weight is 1060 g/mol. The topological polar surface area (TPSA) is 155 Å². The lowest BCUT2D eigenvalue weighted by Crippen LogP contribution is -2.30. The molecule has 0 aromatic carbocycles. The summed E-state index contributed by atoms with van der Waals surface area (Å²) in [7, 11) is -4.78. The van der Waals surface area contributed by atoms with Crippen LogP contribution in [0.15, 0.2) is 109 Å². The minimum Gasteiger partial charge on any atom is -0.462 e. The fourth-order valence-corrected chi connectivity index (χ4v) is 8.07. The van der Waals surface area contributed by atoms with E-state index < -0.39 is 57.8 Å². The molecule has 0 amide bonds. The zero-order chi connectivity index (χ0) is 54.1. The number of hydrogen-bond donors (Lipinski definition) is 2. The molecule has 0 aliphatic rings. The fraction of sp³-hybridized carbons (Fsp3) is 0.661. The van der Waals surface area contributed by atoms with Crippen molar-refractivity contribution >= 4 is 25.7 Å². The lowest BCUT2D eigenvalue weighted by atomic mass is 10.1. The Labute approximate surface area is 450 Å². The first-order valence-corrected chi connectivity index (χ1v) is 30.3. The van der Waals surface area contributed by atoms with Crippen LogP contribution in [0.2, 0.25) is 0 Å². The van der Waals surface area contributed by atoms with Crippen LogP contribution in [-0.2, 0) is 42.2 Å². The molecule has 0 spiro atoms. The van der Waals surface area contributed by atoms with E-state index >= 15 is 0 Å². The highest BCUT2D eigenvalue weighted by Gasteiger charge is 2.28. The number of rotatable bonds is 52. The molecule has 11 nitrogen and oxygen atoms in total. The van der Waals surface area contributed by atoms with Gasteiger partial charge in [-0.15, -0.1) is 0 Å². The molecule has 12 heteroatoms. The molecular formula is C62H103O11P. The summed E-state index contributed by atoms with van der Waals surface area (Å²) in [5, 5.41) is 9.80. The summed E-state index contributed by atoms with van der Waals surface area (Å²) in [6.07, 6.45) is 66.3. The monoisotopic (exact) mass is 1050 g/mol. The standard InChI is InChI=1S/C62H103O11P/c1-4-7-10-13-16-19-22-25-27-28-29-30-32-35-38-41-44-47-50-53-62(66)73-59(55-69-60(64)51-48-45-42-39-36-34-31-26-23-20-17-14-11-8-5-2)57-71-74(67,68)70-56-58(54-63)72-61(65)52-49-46-43-40-37-33-24-21-18-15-12-9-6-3/h7,10,16-17,19-21,24-27,29-31,35,38,44,47,58-59,63H,4-6,8-9,11-15,18,22-23,28,32-34,36-37,39-43,45-46,48-57H2,1-3H3,(H,67,68)/b10-7-,19-16-,20-17-,24-21-,27-25-,30-29-,31-26-,38-35-,47-44-. The maximum absolute atomic E-state index is 12.9. The molecule has 0 aromatic heterocycles. The molecule has 2 N–H and O–H groups in total. The highest BCUT2D eigenvalue weighted by atomic mass is 31.2. The number of esters is 3. The minimum atomic E-state index is -4.78. The van der Waals surface area contributed by atoms with Crippen molar-refractivity contribution in [2.24, 2.45) is 0 Å². The van der Waals surface area contributed by atoms with Crippen molar-refractivity contribution in [3.8, 4) is 0 Å². The van der Waals surface area contributed by atoms with E-state index in [1.165, 1.54) is 44.9 Å². The van der Waals surface area contributed by atoms with Crippen LogP contribution in [0.25, 0.3) is 0 Å². The van der Waals surface area contributed by atoms with Gasteiger partial charge in [0.15, 0.2) is 6.10 Å². The van der Waals surface area contributed by atoms with Crippen LogP contribution < -0.4 is 0 Å². The molecule has 0 saturated carbocycles. The van der Waals surface area contributed by atoms with Gasteiger partial charge in [-0.05, 0) is 116 Å². The number of allylic oxidation sites excluding steroid dienone is 18. The van der Waals surface area contributed by atoms with Crippen molar-refractivity contribution in [2.45, 2.75) is 238 Å². The first kappa shape index (κ1) is 70.1. The van der Waals surface area contributed by atoms with E-state index in [-0.39, 0.29) is 25.9 Å². The first-order valence-electron chi connectivity index (χ1n) is 28.8. The van der Waals surface area contributed by atoms with Crippen molar-refractivity contribution in [1.29, 1.82) is 0 Å². The van der Waals surface area contributed by atoms with Crippen LogP contribution in [0, 0.1) is 0 Å². The van der Waals surface area contributed by atoms with Crippen molar-refractivity contribution in [2.75, 3.05) is 26.4 Å². The molecule has 0 rings (SSSR count). The molecule has 0 bridgehead atoms. The van der Waals surface area contributed by atoms with E-state index in [0.717, 1.165) is 116 Å². The number of aliphatic hydroxyl groups excluding tert-OH is 1. The maximum atomic E-state index is 12.9. The van der Waals surface area contributed by atoms with Crippen molar-refractivity contribution in [3.05, 3.63) is 109 Å². The minimum absolute atomic E-state index is 0.0340. The van der Waals surface area contributed by atoms with Crippen LogP contribution >= 0.6 is 7.82 Å². The van der Waals surface area contributed by atoms with Gasteiger partial charge in [-0.2, -0.15) is 0 Å². The van der Waals surface area contributed by atoms with Gasteiger partial charge >= 0.3 is 25.7 Å². The van der Waals surface area contributed by atoms with Crippen LogP contribution in [0.4, 0.5) is 0 Å². The van der Waals surface area contributed by atoms with Crippen molar-refractivity contribution in [3.63, 3.8) is 0 Å². The fourth-order valence-electron chi connectivity index (χ4n) is 7.29. The molecule has 3 unspecified atom stereocenters. The predicted octanol–water partition coefficient (Wildman–Crippen LogP) is 17.0. The van der Waals surface area contributed by atoms with E-state index in [9.17, 15) is 28.9 Å². The predicted molar refractivity (Wildman–Crippen MR) is 307 cm³/mol. The lowest BCUT2D eigenvalue weighted by molar-refractivity contribution is -0.161. The molecule has 74 heavy (non-hydrogen) atoms. The number of carbonyl (C=O) groups is 3. The molecular weight excluding hydrogens is 952 g/mol. The molecule has 0 aromatic rings. The molecule has 0 aliphatic heterocycles. The normalized spacial score (nSPS) is 14.2. The number of hydrogen-bond acceptors (Lipinski definition) is 10. The number of aliphatic hydroxyl groups is 1. The third kappa shape index (κ3) is 53.0. The zero-order valence-corrected chi connectivity index (χ0v) is 47.4. The van der Waals surface area contributed by atoms with E-state index in [1.807, 2.05) is 12.2 Å². The molecule has 0 radical (unpaired) electrons. The number of phosphoric acid groups is 1. The number of carbonyl (C=O) groups excluding carboxylic acids is 3. The largest absolute Gasteiger partial charge is 0.472 e. The van der Waals surface area contributed by atoms with Gasteiger partial charge in [0, 0.05) is 19.3 Å². The summed E-state index contributed by atoms with van der Waals surface area (Å²) in [6.45, 7) is 4.37. The van der Waals surface area contributed by atoms with E-state index in [2.05, 4.69) is 118 Å². The second-order valence-electron chi connectivity index (χ2n) is 18.7. The second-order valence-corrected chi connectivity index (χ2v) is 20.2. The Hall–Kier alpha value is -3.86. The summed E-state index contributed by atoms with van der Waals surface area (Å²) >= 11 is 0. The summed E-state index contributed by atoms with van der Waals surface area (Å²) in [6, 6.07) is 0. The third-order valence-corrected chi connectivity index (χ3v) is 12.6. The summed E-state index contributed by atoms with van der Waals surface area (Å²) in [5.74, 6) is -1.60. The number of phosphoric ester groups is 1. The Morgan fingerprint density at radius 2 is 0.730 bits per heavy atom. The van der Waals surface area contributed by atoms with Crippen LogP contribution in [0.3, 0.4) is 0 Å². The molecule has 422 valence electrons. The second kappa shape index (κ2) is 55.4. The molecule has 0 aliphatic carbocycles. The van der Waals surface area contributed by atoms with E-state index in [4.69, 9.17) is 23.3 Å². The van der Waals surface area contributed by atoms with Crippen LogP contribution in [-0.4, -0.2) is 66.5 Å².